The molecule has 0 amide bonds. The average Bonchev–Trinajstić information content (AvgIpc) is 3.21. The molecule has 3 heterocycles. The minimum absolute atomic E-state index is 0.0401. The molecule has 0 saturated carbocycles. The number of nitrogens with zero attached hydrogens (tertiary/aromatic N) is 5. The molecular weight excluding hydrogens is 380 g/mol. The van der Waals surface area contributed by atoms with Crippen LogP contribution >= 0.6 is 0 Å². The normalized spacial score (nSPS) is 15.3. The maximum absolute atomic E-state index is 12.9. The first-order valence-corrected chi connectivity index (χ1v) is 10.7. The van der Waals surface area contributed by atoms with Crippen LogP contribution in [-0.2, 0) is 31.2 Å². The molecule has 28 heavy (non-hydrogen) atoms. The largest absolute Gasteiger partial charge is 0.370 e. The van der Waals surface area contributed by atoms with E-state index in [1.165, 1.54) is 15.3 Å². The van der Waals surface area contributed by atoms with Crippen molar-refractivity contribution >= 4 is 32.4 Å². The van der Waals surface area contributed by atoms with Gasteiger partial charge in [-0.05, 0) is 37.5 Å². The SMILES string of the molecule is Cn1ccc(S(=O)(=O)Nc2cc3c(cc2N2CCCCC2)n(C)c(=O)n3C)n1. The molecule has 0 unspecified atom stereocenters. The van der Waals surface area contributed by atoms with Gasteiger partial charge in [-0.2, -0.15) is 13.5 Å². The highest BCUT2D eigenvalue weighted by Gasteiger charge is 2.23. The summed E-state index contributed by atoms with van der Waals surface area (Å²) in [5, 5.41) is 3.97. The van der Waals surface area contributed by atoms with Gasteiger partial charge in [-0.3, -0.25) is 18.5 Å². The molecule has 0 aliphatic carbocycles. The van der Waals surface area contributed by atoms with Gasteiger partial charge >= 0.3 is 5.69 Å². The fourth-order valence-electron chi connectivity index (χ4n) is 3.75. The summed E-state index contributed by atoms with van der Waals surface area (Å²) in [5.41, 5.74) is 2.54. The lowest BCUT2D eigenvalue weighted by Crippen LogP contribution is -2.30. The van der Waals surface area contributed by atoms with Gasteiger partial charge in [-0.1, -0.05) is 0 Å². The molecule has 4 rings (SSSR count). The first-order chi connectivity index (χ1) is 13.3. The van der Waals surface area contributed by atoms with E-state index in [0.717, 1.165) is 43.6 Å². The van der Waals surface area contributed by atoms with Crippen molar-refractivity contribution < 1.29 is 8.42 Å². The van der Waals surface area contributed by atoms with Crippen molar-refractivity contribution in [1.29, 1.82) is 0 Å². The summed E-state index contributed by atoms with van der Waals surface area (Å²) in [6.45, 7) is 1.70. The number of hydrogen-bond donors (Lipinski definition) is 1. The number of nitrogens with one attached hydrogen (secondary N) is 1. The number of imidazole rings is 1. The lowest BCUT2D eigenvalue weighted by Gasteiger charge is -2.30. The lowest BCUT2D eigenvalue weighted by molar-refractivity contribution is 0.578. The van der Waals surface area contributed by atoms with E-state index in [9.17, 15) is 13.2 Å². The van der Waals surface area contributed by atoms with Gasteiger partial charge in [0.25, 0.3) is 10.0 Å². The predicted molar refractivity (Wildman–Crippen MR) is 108 cm³/mol. The van der Waals surface area contributed by atoms with Crippen LogP contribution in [0.3, 0.4) is 0 Å². The van der Waals surface area contributed by atoms with Crippen LogP contribution in [-0.4, -0.2) is 40.4 Å². The van der Waals surface area contributed by atoms with E-state index in [1.807, 2.05) is 6.07 Å². The van der Waals surface area contributed by atoms with E-state index in [0.29, 0.717) is 11.2 Å². The average molecular weight is 404 g/mol. The number of rotatable bonds is 4. The van der Waals surface area contributed by atoms with Gasteiger partial charge in [0.1, 0.15) is 0 Å². The summed E-state index contributed by atoms with van der Waals surface area (Å²) in [4.78, 5) is 14.5. The molecule has 1 aliphatic rings. The first kappa shape index (κ1) is 18.6. The number of aromatic nitrogens is 4. The van der Waals surface area contributed by atoms with Crippen molar-refractivity contribution in [2.24, 2.45) is 21.1 Å². The van der Waals surface area contributed by atoms with Crippen molar-refractivity contribution in [3.05, 3.63) is 34.9 Å². The van der Waals surface area contributed by atoms with Crippen molar-refractivity contribution in [3.63, 3.8) is 0 Å². The maximum atomic E-state index is 12.9. The molecule has 1 N–H and O–H groups in total. The minimum atomic E-state index is -3.84. The number of fused-ring (bicyclic) bond motifs is 1. The molecule has 150 valence electrons. The van der Waals surface area contributed by atoms with Crippen LogP contribution in [0.1, 0.15) is 19.3 Å². The van der Waals surface area contributed by atoms with Crippen molar-refractivity contribution in [2.75, 3.05) is 22.7 Å². The maximum Gasteiger partial charge on any atom is 0.328 e. The predicted octanol–water partition coefficient (Wildman–Crippen LogP) is 1.40. The standard InChI is InChI=1S/C18H24N6O3S/c1-21-10-7-17(19-21)28(26,27)20-13-11-15-16(23(3)18(25)22(15)2)12-14(13)24-8-5-4-6-9-24/h7,10-12,20H,4-6,8-9H2,1-3H3. The Morgan fingerprint density at radius 1 is 1.00 bits per heavy atom. The van der Waals surface area contributed by atoms with Gasteiger partial charge in [-0.25, -0.2) is 4.79 Å². The fourth-order valence-corrected chi connectivity index (χ4v) is 4.78. The van der Waals surface area contributed by atoms with Crippen LogP contribution in [0.5, 0.6) is 0 Å². The minimum Gasteiger partial charge on any atom is -0.370 e. The Morgan fingerprint density at radius 3 is 2.25 bits per heavy atom. The smallest absolute Gasteiger partial charge is 0.328 e. The van der Waals surface area contributed by atoms with Crippen molar-refractivity contribution in [3.8, 4) is 0 Å². The lowest BCUT2D eigenvalue weighted by atomic mass is 10.1. The van der Waals surface area contributed by atoms with E-state index in [4.69, 9.17) is 0 Å². The molecule has 2 aromatic heterocycles. The first-order valence-electron chi connectivity index (χ1n) is 9.25. The molecule has 0 bridgehead atoms. The van der Waals surface area contributed by atoms with Gasteiger partial charge in [0.2, 0.25) is 0 Å². The Labute approximate surface area is 163 Å². The number of benzene rings is 1. The van der Waals surface area contributed by atoms with Crippen molar-refractivity contribution in [2.45, 2.75) is 24.3 Å². The van der Waals surface area contributed by atoms with Gasteiger partial charge in [0.05, 0.1) is 22.4 Å². The van der Waals surface area contributed by atoms with Crippen LogP contribution in [0.2, 0.25) is 0 Å². The van der Waals surface area contributed by atoms with Gasteiger partial charge in [0, 0.05) is 40.4 Å². The van der Waals surface area contributed by atoms with Crippen molar-refractivity contribution in [1.82, 2.24) is 18.9 Å². The third-order valence-corrected chi connectivity index (χ3v) is 6.55. The molecule has 1 aromatic carbocycles. The molecule has 1 saturated heterocycles. The number of sulfonamides is 1. The monoisotopic (exact) mass is 404 g/mol. The summed E-state index contributed by atoms with van der Waals surface area (Å²) in [6.07, 6.45) is 4.86. The quantitative estimate of drug-likeness (QED) is 0.709. The van der Waals surface area contributed by atoms with E-state index >= 15 is 0 Å². The van der Waals surface area contributed by atoms with Crippen LogP contribution in [0, 0.1) is 0 Å². The molecule has 9 nitrogen and oxygen atoms in total. The molecule has 3 aromatic rings. The second-order valence-electron chi connectivity index (χ2n) is 7.24. The van der Waals surface area contributed by atoms with E-state index in [-0.39, 0.29) is 10.7 Å². The molecule has 0 atom stereocenters. The van der Waals surface area contributed by atoms with Crippen LogP contribution < -0.4 is 15.3 Å². The van der Waals surface area contributed by atoms with Crippen LogP contribution in [0.15, 0.2) is 34.2 Å². The highest BCUT2D eigenvalue weighted by atomic mass is 32.2. The number of anilines is 2. The second-order valence-corrected chi connectivity index (χ2v) is 8.87. The molecule has 0 radical (unpaired) electrons. The van der Waals surface area contributed by atoms with Crippen LogP contribution in [0.25, 0.3) is 11.0 Å². The van der Waals surface area contributed by atoms with Gasteiger partial charge < -0.3 is 4.90 Å². The van der Waals surface area contributed by atoms with Gasteiger partial charge in [-0.15, -0.1) is 0 Å². The topological polar surface area (TPSA) is 94.2 Å². The number of piperidine rings is 1. The number of hydrogen-bond acceptors (Lipinski definition) is 5. The summed E-state index contributed by atoms with van der Waals surface area (Å²) >= 11 is 0. The molecule has 10 heteroatoms. The zero-order valence-corrected chi connectivity index (χ0v) is 17.0. The third-order valence-electron chi connectivity index (χ3n) is 5.29. The van der Waals surface area contributed by atoms with E-state index in [1.54, 1.807) is 38.0 Å². The number of aryl methyl sites for hydroxylation is 3. The molecule has 1 fully saturated rings. The molecule has 0 spiro atoms. The summed E-state index contributed by atoms with van der Waals surface area (Å²) < 4.78 is 33.0. The third kappa shape index (κ3) is 3.07. The fraction of sp³-hybridized carbons (Fsp3) is 0.444. The second kappa shape index (κ2) is 6.69. The Hall–Kier alpha value is -2.75. The Morgan fingerprint density at radius 2 is 1.64 bits per heavy atom. The Balaban J connectivity index is 1.87. The molecule has 1 aliphatic heterocycles. The van der Waals surface area contributed by atoms with Gasteiger partial charge in [0.15, 0.2) is 5.03 Å². The zero-order valence-electron chi connectivity index (χ0n) is 16.2. The summed E-state index contributed by atoms with van der Waals surface area (Å²) in [6, 6.07) is 5.10. The molecular formula is C18H24N6O3S. The van der Waals surface area contributed by atoms with E-state index < -0.39 is 10.0 Å². The zero-order chi connectivity index (χ0) is 20.1. The Kier molecular flexibility index (Phi) is 4.45. The van der Waals surface area contributed by atoms with Crippen LogP contribution in [0.4, 0.5) is 11.4 Å². The summed E-state index contributed by atoms with van der Waals surface area (Å²) in [5.74, 6) is 0. The highest BCUT2D eigenvalue weighted by molar-refractivity contribution is 7.92. The Bertz CT molecular complexity index is 1200. The highest BCUT2D eigenvalue weighted by Crippen LogP contribution is 2.34. The van der Waals surface area contributed by atoms with E-state index in [2.05, 4.69) is 14.7 Å². The summed E-state index contributed by atoms with van der Waals surface area (Å²) in [7, 11) is 1.24.